The molecule has 3 rings (SSSR count). The number of hydrogen-bond acceptors (Lipinski definition) is 5. The van der Waals surface area contributed by atoms with E-state index in [1.54, 1.807) is 12.0 Å². The summed E-state index contributed by atoms with van der Waals surface area (Å²) in [6.45, 7) is 7.75. The molecule has 0 aliphatic carbocycles. The molecule has 2 fully saturated rings. The summed E-state index contributed by atoms with van der Waals surface area (Å²) < 4.78 is 11.0. The number of rotatable bonds is 7. The van der Waals surface area contributed by atoms with Crippen LogP contribution in [-0.2, 0) is 9.59 Å². The fraction of sp³-hybridized carbons (Fsp3) is 0.600. The van der Waals surface area contributed by atoms with Gasteiger partial charge in [0.1, 0.15) is 18.1 Å². The molecule has 0 radical (unpaired) electrons. The van der Waals surface area contributed by atoms with Crippen molar-refractivity contribution in [1.82, 2.24) is 14.7 Å². The predicted octanol–water partition coefficient (Wildman–Crippen LogP) is 1.09. The molecule has 0 aromatic heterocycles. The van der Waals surface area contributed by atoms with Gasteiger partial charge in [0.15, 0.2) is 0 Å². The molecule has 27 heavy (non-hydrogen) atoms. The summed E-state index contributed by atoms with van der Waals surface area (Å²) in [6, 6.07) is 7.59. The van der Waals surface area contributed by atoms with E-state index in [1.165, 1.54) is 0 Å². The Labute approximate surface area is 160 Å². The minimum atomic E-state index is -0.166. The zero-order valence-corrected chi connectivity index (χ0v) is 16.2. The lowest BCUT2D eigenvalue weighted by molar-refractivity contribution is -0.137. The summed E-state index contributed by atoms with van der Waals surface area (Å²) in [5.41, 5.74) is 0. The minimum Gasteiger partial charge on any atom is -0.497 e. The maximum atomic E-state index is 12.7. The monoisotopic (exact) mass is 375 g/mol. The lowest BCUT2D eigenvalue weighted by Gasteiger charge is -2.35. The Kier molecular flexibility index (Phi) is 6.55. The molecule has 0 spiro atoms. The van der Waals surface area contributed by atoms with Gasteiger partial charge in [-0.05, 0) is 19.1 Å². The van der Waals surface area contributed by atoms with Crippen molar-refractivity contribution in [3.05, 3.63) is 24.3 Å². The maximum absolute atomic E-state index is 12.7. The molecule has 0 N–H and O–H groups in total. The van der Waals surface area contributed by atoms with E-state index >= 15 is 0 Å². The van der Waals surface area contributed by atoms with Gasteiger partial charge in [-0.3, -0.25) is 14.5 Å². The van der Waals surface area contributed by atoms with E-state index in [9.17, 15) is 9.59 Å². The molecule has 2 aliphatic rings. The first-order valence-electron chi connectivity index (χ1n) is 9.66. The number of nitrogens with zero attached hydrogens (tertiary/aromatic N) is 3. The second-order valence-electron chi connectivity index (χ2n) is 7.03. The summed E-state index contributed by atoms with van der Waals surface area (Å²) in [5.74, 6) is 1.65. The topological polar surface area (TPSA) is 62.3 Å². The van der Waals surface area contributed by atoms with Crippen molar-refractivity contribution in [1.29, 1.82) is 0 Å². The number of benzene rings is 1. The van der Waals surface area contributed by atoms with Gasteiger partial charge >= 0.3 is 0 Å². The third kappa shape index (κ3) is 4.91. The molecular weight excluding hydrogens is 346 g/mol. The van der Waals surface area contributed by atoms with Gasteiger partial charge in [0.2, 0.25) is 11.8 Å². The van der Waals surface area contributed by atoms with Crippen molar-refractivity contribution < 1.29 is 19.1 Å². The van der Waals surface area contributed by atoms with E-state index in [4.69, 9.17) is 9.47 Å². The number of amides is 2. The highest BCUT2D eigenvalue weighted by molar-refractivity contribution is 5.89. The quantitative estimate of drug-likeness (QED) is 0.714. The van der Waals surface area contributed by atoms with E-state index in [1.807, 2.05) is 36.1 Å². The van der Waals surface area contributed by atoms with Gasteiger partial charge in [-0.15, -0.1) is 0 Å². The second-order valence-corrected chi connectivity index (χ2v) is 7.03. The number of carbonyl (C=O) groups excluding carboxylic acids is 2. The molecule has 2 amide bonds. The van der Waals surface area contributed by atoms with Crippen LogP contribution in [0.25, 0.3) is 0 Å². The van der Waals surface area contributed by atoms with E-state index in [0.29, 0.717) is 26.1 Å². The summed E-state index contributed by atoms with van der Waals surface area (Å²) >= 11 is 0. The Morgan fingerprint density at radius 2 is 1.93 bits per heavy atom. The van der Waals surface area contributed by atoms with Crippen LogP contribution in [0.3, 0.4) is 0 Å². The van der Waals surface area contributed by atoms with Gasteiger partial charge in [0.05, 0.1) is 13.0 Å². The number of piperazine rings is 1. The summed E-state index contributed by atoms with van der Waals surface area (Å²) in [7, 11) is 1.64. The van der Waals surface area contributed by atoms with Crippen LogP contribution in [0.2, 0.25) is 0 Å². The minimum absolute atomic E-state index is 0.101. The van der Waals surface area contributed by atoms with Crippen molar-refractivity contribution in [3.8, 4) is 11.5 Å². The van der Waals surface area contributed by atoms with Crippen molar-refractivity contribution in [2.45, 2.75) is 13.3 Å². The van der Waals surface area contributed by atoms with Crippen LogP contribution >= 0.6 is 0 Å². The van der Waals surface area contributed by atoms with Crippen LogP contribution in [-0.4, -0.2) is 86.0 Å². The van der Waals surface area contributed by atoms with Gasteiger partial charge in [0, 0.05) is 58.3 Å². The highest BCUT2D eigenvalue weighted by atomic mass is 16.5. The molecule has 2 heterocycles. The third-order valence-electron chi connectivity index (χ3n) is 5.35. The molecule has 0 saturated carbocycles. The average Bonchev–Trinajstić information content (AvgIpc) is 3.09. The zero-order chi connectivity index (χ0) is 19.2. The van der Waals surface area contributed by atoms with Gasteiger partial charge in [-0.1, -0.05) is 6.07 Å². The molecule has 1 aromatic rings. The van der Waals surface area contributed by atoms with E-state index in [-0.39, 0.29) is 17.7 Å². The molecule has 7 heteroatoms. The van der Waals surface area contributed by atoms with Crippen LogP contribution in [0.4, 0.5) is 0 Å². The molecule has 2 saturated heterocycles. The highest BCUT2D eigenvalue weighted by Gasteiger charge is 2.36. The summed E-state index contributed by atoms with van der Waals surface area (Å²) in [5, 5.41) is 0. The van der Waals surface area contributed by atoms with Crippen molar-refractivity contribution >= 4 is 11.8 Å². The SMILES string of the molecule is CCN1C[C@@H](C(=O)N2CCN(CCOc3cccc(OC)c3)CC2)CC1=O. The van der Waals surface area contributed by atoms with Crippen LogP contribution in [0.15, 0.2) is 24.3 Å². The average molecular weight is 375 g/mol. The van der Waals surface area contributed by atoms with Crippen LogP contribution in [0.5, 0.6) is 11.5 Å². The molecule has 148 valence electrons. The Morgan fingerprint density at radius 3 is 2.59 bits per heavy atom. The zero-order valence-electron chi connectivity index (χ0n) is 16.2. The number of carbonyl (C=O) groups is 2. The summed E-state index contributed by atoms with van der Waals surface area (Å²) in [6.07, 6.45) is 0.362. The Balaban J connectivity index is 1.38. The largest absolute Gasteiger partial charge is 0.497 e. The van der Waals surface area contributed by atoms with Crippen molar-refractivity contribution in [3.63, 3.8) is 0 Å². The maximum Gasteiger partial charge on any atom is 0.228 e. The predicted molar refractivity (Wildman–Crippen MR) is 102 cm³/mol. The second kappa shape index (κ2) is 9.08. The highest BCUT2D eigenvalue weighted by Crippen LogP contribution is 2.21. The fourth-order valence-electron chi connectivity index (χ4n) is 3.68. The smallest absolute Gasteiger partial charge is 0.228 e. The molecule has 0 bridgehead atoms. The van der Waals surface area contributed by atoms with Crippen LogP contribution in [0.1, 0.15) is 13.3 Å². The first-order chi connectivity index (χ1) is 13.1. The fourth-order valence-corrected chi connectivity index (χ4v) is 3.68. The number of hydrogen-bond donors (Lipinski definition) is 0. The summed E-state index contributed by atoms with van der Waals surface area (Å²) in [4.78, 5) is 30.5. The van der Waals surface area contributed by atoms with Gasteiger partial charge in [-0.25, -0.2) is 0 Å². The Morgan fingerprint density at radius 1 is 1.19 bits per heavy atom. The molecule has 0 unspecified atom stereocenters. The normalized spacial score (nSPS) is 20.8. The lowest BCUT2D eigenvalue weighted by Crippen LogP contribution is -2.51. The number of likely N-dealkylation sites (tertiary alicyclic amines) is 1. The molecule has 7 nitrogen and oxygen atoms in total. The first-order valence-corrected chi connectivity index (χ1v) is 9.66. The Hall–Kier alpha value is -2.28. The van der Waals surface area contributed by atoms with Crippen molar-refractivity contribution in [2.24, 2.45) is 5.92 Å². The van der Waals surface area contributed by atoms with Gasteiger partial charge in [-0.2, -0.15) is 0 Å². The van der Waals surface area contributed by atoms with E-state index in [2.05, 4.69) is 4.90 Å². The number of methoxy groups -OCH3 is 1. The molecule has 1 atom stereocenters. The van der Waals surface area contributed by atoms with E-state index in [0.717, 1.165) is 44.2 Å². The standard InChI is InChI=1S/C20H29N3O4/c1-3-22-15-16(13-19(22)24)20(25)23-9-7-21(8-10-23)11-12-27-18-6-4-5-17(14-18)26-2/h4-6,14,16H,3,7-13,15H2,1-2H3/t16-/m0/s1. The van der Waals surface area contributed by atoms with E-state index < -0.39 is 0 Å². The molecular formula is C20H29N3O4. The van der Waals surface area contributed by atoms with Crippen LogP contribution < -0.4 is 9.47 Å². The molecule has 1 aromatic carbocycles. The molecule has 2 aliphatic heterocycles. The Bertz CT molecular complexity index is 658. The number of ether oxygens (including phenoxy) is 2. The van der Waals surface area contributed by atoms with Crippen molar-refractivity contribution in [2.75, 3.05) is 59.5 Å². The van der Waals surface area contributed by atoms with Crippen LogP contribution in [0, 0.1) is 5.92 Å². The first kappa shape index (κ1) is 19.5. The van der Waals surface area contributed by atoms with Gasteiger partial charge in [0.25, 0.3) is 0 Å². The lowest BCUT2D eigenvalue weighted by atomic mass is 10.1. The third-order valence-corrected chi connectivity index (χ3v) is 5.35. The van der Waals surface area contributed by atoms with Gasteiger partial charge < -0.3 is 19.3 Å².